The second-order valence-electron chi connectivity index (χ2n) is 5.23. The van der Waals surface area contributed by atoms with Crippen LogP contribution in [0, 0.1) is 0 Å². The number of rotatable bonds is 5. The molecule has 0 saturated carbocycles. The van der Waals surface area contributed by atoms with Crippen LogP contribution in [0.2, 0.25) is 5.02 Å². The lowest BCUT2D eigenvalue weighted by atomic mass is 10.1. The fourth-order valence-corrected chi connectivity index (χ4v) is 2.61. The van der Waals surface area contributed by atoms with Crippen molar-refractivity contribution in [2.24, 2.45) is 0 Å². The Bertz CT molecular complexity index is 777. The minimum absolute atomic E-state index is 0.0234. The molecular weight excluding hydrogens is 296 g/mol. The average Bonchev–Trinajstić information content (AvgIpc) is 2.93. The van der Waals surface area contributed by atoms with E-state index in [9.17, 15) is 4.79 Å². The average molecular weight is 313 g/mol. The van der Waals surface area contributed by atoms with Gasteiger partial charge < -0.3 is 9.88 Å². The van der Waals surface area contributed by atoms with Crippen LogP contribution in [-0.2, 0) is 17.8 Å². The number of halogens is 1. The third-order valence-corrected chi connectivity index (χ3v) is 3.90. The van der Waals surface area contributed by atoms with Crippen molar-refractivity contribution in [3.05, 3.63) is 71.4 Å². The van der Waals surface area contributed by atoms with E-state index in [1.54, 1.807) is 0 Å². The van der Waals surface area contributed by atoms with E-state index in [4.69, 9.17) is 11.6 Å². The first-order valence-electron chi connectivity index (χ1n) is 7.27. The lowest BCUT2D eigenvalue weighted by Crippen LogP contribution is -2.29. The number of hydrogen-bond donors (Lipinski definition) is 1. The van der Waals surface area contributed by atoms with Gasteiger partial charge in [-0.1, -0.05) is 41.9 Å². The van der Waals surface area contributed by atoms with E-state index >= 15 is 0 Å². The zero-order valence-electron chi connectivity index (χ0n) is 12.1. The molecule has 0 spiro atoms. The summed E-state index contributed by atoms with van der Waals surface area (Å²) < 4.78 is 1.97. The van der Waals surface area contributed by atoms with Crippen LogP contribution in [0.1, 0.15) is 5.56 Å². The Balaban J connectivity index is 1.53. The maximum absolute atomic E-state index is 12.0. The van der Waals surface area contributed by atoms with E-state index in [0.717, 1.165) is 27.9 Å². The fraction of sp³-hybridized carbons (Fsp3) is 0.167. The number of amides is 1. The van der Waals surface area contributed by atoms with E-state index in [2.05, 4.69) is 5.32 Å². The summed E-state index contributed by atoms with van der Waals surface area (Å²) in [5.41, 5.74) is 2.24. The summed E-state index contributed by atoms with van der Waals surface area (Å²) in [6, 6.07) is 17.8. The van der Waals surface area contributed by atoms with E-state index < -0.39 is 0 Å². The highest BCUT2D eigenvalue weighted by Crippen LogP contribution is 2.14. The predicted octanol–water partition coefficient (Wildman–Crippen LogP) is 3.65. The molecular formula is C18H17ClN2O. The molecule has 0 saturated heterocycles. The Kier molecular flexibility index (Phi) is 4.45. The van der Waals surface area contributed by atoms with Gasteiger partial charge in [0.15, 0.2) is 0 Å². The number of benzene rings is 2. The van der Waals surface area contributed by atoms with Crippen LogP contribution in [0.4, 0.5) is 0 Å². The Morgan fingerprint density at radius 3 is 2.64 bits per heavy atom. The first kappa shape index (κ1) is 14.7. The molecule has 22 heavy (non-hydrogen) atoms. The number of carbonyl (C=O) groups is 1. The summed E-state index contributed by atoms with van der Waals surface area (Å²) in [6.45, 7) is 0.966. The van der Waals surface area contributed by atoms with E-state index in [0.29, 0.717) is 13.1 Å². The van der Waals surface area contributed by atoms with E-state index in [1.165, 1.54) is 0 Å². The highest BCUT2D eigenvalue weighted by Gasteiger charge is 2.05. The first-order chi connectivity index (χ1) is 10.7. The molecule has 0 bridgehead atoms. The number of carbonyl (C=O) groups excluding carboxylic acids is 1. The van der Waals surface area contributed by atoms with Crippen LogP contribution in [0.25, 0.3) is 10.9 Å². The zero-order valence-corrected chi connectivity index (χ0v) is 12.9. The second kappa shape index (κ2) is 6.67. The Morgan fingerprint density at radius 2 is 1.82 bits per heavy atom. The van der Waals surface area contributed by atoms with Crippen LogP contribution in [0.5, 0.6) is 0 Å². The normalized spacial score (nSPS) is 10.8. The summed E-state index contributed by atoms with van der Waals surface area (Å²) in [7, 11) is 0. The van der Waals surface area contributed by atoms with Crippen LogP contribution in [0.3, 0.4) is 0 Å². The monoisotopic (exact) mass is 312 g/mol. The molecule has 112 valence electrons. The van der Waals surface area contributed by atoms with Gasteiger partial charge in [0.1, 0.15) is 6.54 Å². The van der Waals surface area contributed by atoms with Gasteiger partial charge in [-0.25, -0.2) is 0 Å². The number of hydrogen-bond acceptors (Lipinski definition) is 1. The molecule has 0 radical (unpaired) electrons. The molecule has 0 atom stereocenters. The zero-order chi connectivity index (χ0) is 15.4. The summed E-state index contributed by atoms with van der Waals surface area (Å²) in [5.74, 6) is 0.0234. The minimum atomic E-state index is 0.0234. The van der Waals surface area contributed by atoms with Gasteiger partial charge in [0.2, 0.25) is 5.91 Å². The van der Waals surface area contributed by atoms with Gasteiger partial charge in [0.05, 0.1) is 0 Å². The molecule has 0 unspecified atom stereocenters. The number of nitrogens with zero attached hydrogens (tertiary/aromatic N) is 1. The minimum Gasteiger partial charge on any atom is -0.354 e. The Morgan fingerprint density at radius 1 is 1.05 bits per heavy atom. The van der Waals surface area contributed by atoms with Crippen LogP contribution >= 0.6 is 11.6 Å². The lowest BCUT2D eigenvalue weighted by Gasteiger charge is -2.07. The SMILES string of the molecule is O=C(Cn1ccc2ccccc21)NCCc1ccc(Cl)cc1. The summed E-state index contributed by atoms with van der Waals surface area (Å²) in [6.07, 6.45) is 2.75. The third-order valence-electron chi connectivity index (χ3n) is 3.64. The smallest absolute Gasteiger partial charge is 0.239 e. The number of nitrogens with one attached hydrogen (secondary N) is 1. The maximum Gasteiger partial charge on any atom is 0.239 e. The molecule has 1 heterocycles. The van der Waals surface area contributed by atoms with Crippen molar-refractivity contribution < 1.29 is 4.79 Å². The predicted molar refractivity (Wildman–Crippen MR) is 90.1 cm³/mol. The van der Waals surface area contributed by atoms with Gasteiger partial charge in [-0.05, 0) is 41.6 Å². The molecule has 0 fully saturated rings. The van der Waals surface area contributed by atoms with E-state index in [-0.39, 0.29) is 5.91 Å². The molecule has 0 aliphatic carbocycles. The van der Waals surface area contributed by atoms with Crippen molar-refractivity contribution in [1.29, 1.82) is 0 Å². The highest BCUT2D eigenvalue weighted by molar-refractivity contribution is 6.30. The number of para-hydroxylation sites is 1. The second-order valence-corrected chi connectivity index (χ2v) is 5.67. The molecule has 3 aromatic rings. The van der Waals surface area contributed by atoms with Crippen LogP contribution in [0.15, 0.2) is 60.8 Å². The van der Waals surface area contributed by atoms with Crippen molar-refractivity contribution in [3.63, 3.8) is 0 Å². The molecule has 0 aliphatic rings. The van der Waals surface area contributed by atoms with Gasteiger partial charge in [0, 0.05) is 23.3 Å². The molecule has 1 N–H and O–H groups in total. The molecule has 2 aromatic carbocycles. The van der Waals surface area contributed by atoms with Gasteiger partial charge in [-0.15, -0.1) is 0 Å². The van der Waals surface area contributed by atoms with Crippen LogP contribution < -0.4 is 5.32 Å². The summed E-state index contributed by atoms with van der Waals surface area (Å²) in [5, 5.41) is 4.83. The quantitative estimate of drug-likeness (QED) is 0.766. The topological polar surface area (TPSA) is 34.0 Å². The molecule has 4 heteroatoms. The highest BCUT2D eigenvalue weighted by atomic mass is 35.5. The third kappa shape index (κ3) is 3.49. The van der Waals surface area contributed by atoms with Gasteiger partial charge in [0.25, 0.3) is 0 Å². The molecule has 3 nitrogen and oxygen atoms in total. The standard InChI is InChI=1S/C18H17ClN2O/c19-16-7-5-14(6-8-16)9-11-20-18(22)13-21-12-10-15-3-1-2-4-17(15)21/h1-8,10,12H,9,11,13H2,(H,20,22). The summed E-state index contributed by atoms with van der Waals surface area (Å²) >= 11 is 5.85. The first-order valence-corrected chi connectivity index (χ1v) is 7.65. The van der Waals surface area contributed by atoms with Crippen molar-refractivity contribution in [2.75, 3.05) is 6.54 Å². The Hall–Kier alpha value is -2.26. The molecule has 0 aliphatic heterocycles. The summed E-state index contributed by atoms with van der Waals surface area (Å²) in [4.78, 5) is 12.0. The molecule has 1 aromatic heterocycles. The van der Waals surface area contributed by atoms with Crippen molar-refractivity contribution in [1.82, 2.24) is 9.88 Å². The number of aromatic nitrogens is 1. The largest absolute Gasteiger partial charge is 0.354 e. The van der Waals surface area contributed by atoms with Crippen molar-refractivity contribution in [2.45, 2.75) is 13.0 Å². The molecule has 3 rings (SSSR count). The fourth-order valence-electron chi connectivity index (χ4n) is 2.49. The van der Waals surface area contributed by atoms with Crippen molar-refractivity contribution in [3.8, 4) is 0 Å². The van der Waals surface area contributed by atoms with E-state index in [1.807, 2.05) is 65.4 Å². The molecule has 1 amide bonds. The van der Waals surface area contributed by atoms with Gasteiger partial charge in [-0.2, -0.15) is 0 Å². The van der Waals surface area contributed by atoms with Crippen LogP contribution in [-0.4, -0.2) is 17.0 Å². The van der Waals surface area contributed by atoms with Gasteiger partial charge in [-0.3, -0.25) is 4.79 Å². The number of fused-ring (bicyclic) bond motifs is 1. The van der Waals surface area contributed by atoms with Gasteiger partial charge >= 0.3 is 0 Å². The maximum atomic E-state index is 12.0. The Labute approximate surface area is 134 Å². The van der Waals surface area contributed by atoms with Crippen molar-refractivity contribution >= 4 is 28.4 Å². The lowest BCUT2D eigenvalue weighted by molar-refractivity contribution is -0.121.